The van der Waals surface area contributed by atoms with Crippen molar-refractivity contribution < 1.29 is 14.3 Å². The molecule has 0 spiro atoms. The molecule has 2 aromatic carbocycles. The molecule has 0 unspecified atom stereocenters. The Bertz CT molecular complexity index is 695. The number of aryl methyl sites for hydroxylation is 1. The number of rotatable bonds is 7. The first kappa shape index (κ1) is 17.6. The van der Waals surface area contributed by atoms with Crippen molar-refractivity contribution in [3.05, 3.63) is 65.7 Å². The molecule has 0 fully saturated rings. The lowest BCUT2D eigenvalue weighted by molar-refractivity contribution is -0.125. The number of carbonyl (C=O) groups is 1. The van der Waals surface area contributed by atoms with Gasteiger partial charge in [0.2, 0.25) is 5.91 Å². The Morgan fingerprint density at radius 2 is 1.92 bits per heavy atom. The average Bonchev–Trinajstić information content (AvgIpc) is 2.60. The zero-order chi connectivity index (χ0) is 17.4. The van der Waals surface area contributed by atoms with Gasteiger partial charge in [-0.05, 0) is 37.3 Å². The van der Waals surface area contributed by atoms with E-state index in [9.17, 15) is 4.79 Å². The maximum absolute atomic E-state index is 12.2. The molecular formula is C20H23NO3. The van der Waals surface area contributed by atoms with Crippen LogP contribution in [0.15, 0.2) is 54.6 Å². The summed E-state index contributed by atoms with van der Waals surface area (Å²) >= 11 is 0. The second kappa shape index (κ2) is 8.77. The van der Waals surface area contributed by atoms with Crippen LogP contribution < -0.4 is 9.47 Å². The molecule has 1 amide bonds. The van der Waals surface area contributed by atoms with E-state index in [1.807, 2.05) is 55.5 Å². The zero-order valence-electron chi connectivity index (χ0n) is 14.4. The SMILES string of the molecule is COc1ccc(C)cc1/C=C/C(=O)N(C)CCOc1ccccc1. The highest BCUT2D eigenvalue weighted by Gasteiger charge is 2.06. The van der Waals surface area contributed by atoms with Crippen molar-refractivity contribution in [1.29, 1.82) is 0 Å². The maximum Gasteiger partial charge on any atom is 0.246 e. The van der Waals surface area contributed by atoms with Gasteiger partial charge in [-0.3, -0.25) is 4.79 Å². The third-order valence-electron chi connectivity index (χ3n) is 3.61. The molecule has 0 aliphatic rings. The van der Waals surface area contributed by atoms with Crippen LogP contribution in [0.25, 0.3) is 6.08 Å². The molecule has 0 bridgehead atoms. The molecule has 0 aliphatic carbocycles. The molecule has 4 heteroatoms. The lowest BCUT2D eigenvalue weighted by atomic mass is 10.1. The summed E-state index contributed by atoms with van der Waals surface area (Å²) in [6.07, 6.45) is 3.34. The smallest absolute Gasteiger partial charge is 0.246 e. The van der Waals surface area contributed by atoms with Gasteiger partial charge < -0.3 is 14.4 Å². The van der Waals surface area contributed by atoms with Crippen LogP contribution >= 0.6 is 0 Å². The zero-order valence-corrected chi connectivity index (χ0v) is 14.4. The summed E-state index contributed by atoms with van der Waals surface area (Å²) in [6, 6.07) is 15.4. The van der Waals surface area contributed by atoms with Crippen LogP contribution in [0.5, 0.6) is 11.5 Å². The van der Waals surface area contributed by atoms with Crippen LogP contribution in [0.3, 0.4) is 0 Å². The van der Waals surface area contributed by atoms with Crippen molar-refractivity contribution >= 4 is 12.0 Å². The second-order valence-corrected chi connectivity index (χ2v) is 5.50. The van der Waals surface area contributed by atoms with Crippen molar-refractivity contribution in [3.63, 3.8) is 0 Å². The molecule has 0 heterocycles. The standard InChI is InChI=1S/C20H23NO3/c1-16-9-11-19(23-3)17(15-16)10-12-20(22)21(2)13-14-24-18-7-5-4-6-8-18/h4-12,15H,13-14H2,1-3H3/b12-10+. The molecular weight excluding hydrogens is 302 g/mol. The van der Waals surface area contributed by atoms with E-state index >= 15 is 0 Å². The topological polar surface area (TPSA) is 38.8 Å². The summed E-state index contributed by atoms with van der Waals surface area (Å²) in [5.41, 5.74) is 2.01. The summed E-state index contributed by atoms with van der Waals surface area (Å²) in [5.74, 6) is 1.48. The van der Waals surface area contributed by atoms with Gasteiger partial charge in [-0.1, -0.05) is 29.8 Å². The van der Waals surface area contributed by atoms with E-state index in [4.69, 9.17) is 9.47 Å². The van der Waals surface area contributed by atoms with Crippen molar-refractivity contribution in [2.75, 3.05) is 27.3 Å². The Morgan fingerprint density at radius 1 is 1.17 bits per heavy atom. The fourth-order valence-corrected chi connectivity index (χ4v) is 2.20. The molecule has 24 heavy (non-hydrogen) atoms. The second-order valence-electron chi connectivity index (χ2n) is 5.50. The van der Waals surface area contributed by atoms with Crippen molar-refractivity contribution in [2.24, 2.45) is 0 Å². The Hall–Kier alpha value is -2.75. The maximum atomic E-state index is 12.2. The number of ether oxygens (including phenoxy) is 2. The first-order valence-corrected chi connectivity index (χ1v) is 7.86. The van der Waals surface area contributed by atoms with E-state index in [2.05, 4.69) is 0 Å². The third kappa shape index (κ3) is 5.16. The lowest BCUT2D eigenvalue weighted by Gasteiger charge is -2.15. The Balaban J connectivity index is 1.88. The van der Waals surface area contributed by atoms with Gasteiger partial charge >= 0.3 is 0 Å². The van der Waals surface area contributed by atoms with Crippen LogP contribution in [-0.2, 0) is 4.79 Å². The fourth-order valence-electron chi connectivity index (χ4n) is 2.20. The molecule has 0 saturated heterocycles. The Labute approximate surface area is 143 Å². The molecule has 2 aromatic rings. The molecule has 126 valence electrons. The number of benzene rings is 2. The van der Waals surface area contributed by atoms with E-state index in [0.29, 0.717) is 13.2 Å². The van der Waals surface area contributed by atoms with Gasteiger partial charge in [-0.2, -0.15) is 0 Å². The van der Waals surface area contributed by atoms with E-state index in [0.717, 1.165) is 22.6 Å². The molecule has 0 saturated carbocycles. The van der Waals surface area contributed by atoms with Gasteiger partial charge in [0.05, 0.1) is 13.7 Å². The van der Waals surface area contributed by atoms with Crippen LogP contribution in [0.2, 0.25) is 0 Å². The fraction of sp³-hybridized carbons (Fsp3) is 0.250. The number of methoxy groups -OCH3 is 1. The first-order valence-electron chi connectivity index (χ1n) is 7.86. The third-order valence-corrected chi connectivity index (χ3v) is 3.61. The Kier molecular flexibility index (Phi) is 6.43. The van der Waals surface area contributed by atoms with E-state index in [-0.39, 0.29) is 5.91 Å². The number of nitrogens with zero attached hydrogens (tertiary/aromatic N) is 1. The minimum absolute atomic E-state index is 0.0739. The number of amides is 1. The van der Waals surface area contributed by atoms with Gasteiger partial charge in [0.1, 0.15) is 18.1 Å². The number of para-hydroxylation sites is 1. The molecule has 4 nitrogen and oxygen atoms in total. The Morgan fingerprint density at radius 3 is 2.62 bits per heavy atom. The summed E-state index contributed by atoms with van der Waals surface area (Å²) in [7, 11) is 3.38. The molecule has 2 rings (SSSR count). The quantitative estimate of drug-likeness (QED) is 0.731. The molecule has 0 aromatic heterocycles. The summed E-state index contributed by atoms with van der Waals surface area (Å²) < 4.78 is 10.9. The van der Waals surface area contributed by atoms with Gasteiger partial charge in [-0.25, -0.2) is 0 Å². The number of carbonyl (C=O) groups excluding carboxylic acids is 1. The molecule has 0 radical (unpaired) electrons. The van der Waals surface area contributed by atoms with E-state index in [1.165, 1.54) is 0 Å². The van der Waals surface area contributed by atoms with Gasteiger partial charge in [-0.15, -0.1) is 0 Å². The molecule has 0 atom stereocenters. The lowest BCUT2D eigenvalue weighted by Crippen LogP contribution is -2.29. The van der Waals surface area contributed by atoms with Gasteiger partial charge in [0.25, 0.3) is 0 Å². The van der Waals surface area contributed by atoms with Crippen LogP contribution in [-0.4, -0.2) is 38.1 Å². The highest BCUT2D eigenvalue weighted by molar-refractivity contribution is 5.92. The minimum atomic E-state index is -0.0739. The van der Waals surface area contributed by atoms with Gasteiger partial charge in [0, 0.05) is 18.7 Å². The van der Waals surface area contributed by atoms with Crippen LogP contribution in [0, 0.1) is 6.92 Å². The first-order chi connectivity index (χ1) is 11.6. The number of hydrogen-bond donors (Lipinski definition) is 0. The summed E-state index contributed by atoms with van der Waals surface area (Å²) in [6.45, 7) is 2.97. The summed E-state index contributed by atoms with van der Waals surface area (Å²) in [5, 5.41) is 0. The minimum Gasteiger partial charge on any atom is -0.496 e. The summed E-state index contributed by atoms with van der Waals surface area (Å²) in [4.78, 5) is 13.8. The highest BCUT2D eigenvalue weighted by Crippen LogP contribution is 2.21. The van der Waals surface area contributed by atoms with Crippen molar-refractivity contribution in [2.45, 2.75) is 6.92 Å². The number of hydrogen-bond acceptors (Lipinski definition) is 3. The highest BCUT2D eigenvalue weighted by atomic mass is 16.5. The monoisotopic (exact) mass is 325 g/mol. The largest absolute Gasteiger partial charge is 0.496 e. The van der Waals surface area contributed by atoms with E-state index < -0.39 is 0 Å². The average molecular weight is 325 g/mol. The van der Waals surface area contributed by atoms with Crippen molar-refractivity contribution in [1.82, 2.24) is 4.90 Å². The number of likely N-dealkylation sites (N-methyl/N-ethyl adjacent to an activating group) is 1. The molecule has 0 aliphatic heterocycles. The predicted octanol–water partition coefficient (Wildman–Crippen LogP) is 3.55. The van der Waals surface area contributed by atoms with E-state index in [1.54, 1.807) is 31.2 Å². The normalized spacial score (nSPS) is 10.6. The van der Waals surface area contributed by atoms with Crippen molar-refractivity contribution in [3.8, 4) is 11.5 Å². The van der Waals surface area contributed by atoms with Crippen LogP contribution in [0.1, 0.15) is 11.1 Å². The predicted molar refractivity (Wildman–Crippen MR) is 96.3 cm³/mol. The molecule has 0 N–H and O–H groups in total. The van der Waals surface area contributed by atoms with Crippen LogP contribution in [0.4, 0.5) is 0 Å². The van der Waals surface area contributed by atoms with Gasteiger partial charge in [0.15, 0.2) is 0 Å².